The van der Waals surface area contributed by atoms with Crippen LogP contribution in [0.3, 0.4) is 0 Å². The number of imide groups is 1. The van der Waals surface area contributed by atoms with Crippen molar-refractivity contribution in [3.63, 3.8) is 0 Å². The van der Waals surface area contributed by atoms with Gasteiger partial charge in [0.25, 0.3) is 0 Å². The van der Waals surface area contributed by atoms with Crippen LogP contribution in [0.25, 0.3) is 0 Å². The predicted octanol–water partition coefficient (Wildman–Crippen LogP) is 1.16. The second-order valence-corrected chi connectivity index (χ2v) is 9.96. The monoisotopic (exact) mass is 506 g/mol. The van der Waals surface area contributed by atoms with Gasteiger partial charge < -0.3 is 20.5 Å². The molecule has 10 heteroatoms. The van der Waals surface area contributed by atoms with Crippen LogP contribution in [0.5, 0.6) is 11.5 Å². The second kappa shape index (κ2) is 8.88. The zero-order valence-corrected chi connectivity index (χ0v) is 21.2. The number of hydrogen-bond acceptors (Lipinski definition) is 7. The smallest absolute Gasteiger partial charge is 0.250 e. The van der Waals surface area contributed by atoms with Crippen molar-refractivity contribution >= 4 is 29.3 Å². The standard InChI is InChI=1S/C27H30N4O6/c1-13-9-14(2)23-16(10-13)27(26(35)29-23)22-21(17(30-27)12-20(28)32)24(33)31(25(22)34)8-7-15-5-6-18(36-3)19(11-15)37-4/h5-6,9-11,17,21-22,30H,7-8,12H2,1-4H3,(H2,28,32)(H,29,35)/t17-,21+,22+,27-/m0/s1. The molecule has 0 aromatic heterocycles. The van der Waals surface area contributed by atoms with Gasteiger partial charge in [-0.2, -0.15) is 0 Å². The highest BCUT2D eigenvalue weighted by atomic mass is 16.5. The summed E-state index contributed by atoms with van der Waals surface area (Å²) in [6, 6.07) is 8.48. The Hall–Kier alpha value is -3.92. The second-order valence-electron chi connectivity index (χ2n) is 9.96. The van der Waals surface area contributed by atoms with Crippen LogP contribution in [-0.2, 0) is 31.1 Å². The number of methoxy groups -OCH3 is 2. The van der Waals surface area contributed by atoms with E-state index in [0.29, 0.717) is 29.2 Å². The van der Waals surface area contributed by atoms with Gasteiger partial charge >= 0.3 is 0 Å². The van der Waals surface area contributed by atoms with Gasteiger partial charge in [0.2, 0.25) is 23.6 Å². The summed E-state index contributed by atoms with van der Waals surface area (Å²) in [5.41, 5.74) is 7.94. The fraction of sp³-hybridized carbons (Fsp3) is 0.407. The summed E-state index contributed by atoms with van der Waals surface area (Å²) in [6.45, 7) is 3.92. The number of carbonyl (C=O) groups is 4. The number of nitrogens with zero attached hydrogens (tertiary/aromatic N) is 1. The maximum Gasteiger partial charge on any atom is 0.250 e. The Morgan fingerprint density at radius 3 is 2.46 bits per heavy atom. The number of aryl methyl sites for hydroxylation is 2. The van der Waals surface area contributed by atoms with Crippen LogP contribution in [0.2, 0.25) is 0 Å². The first kappa shape index (κ1) is 24.8. The molecule has 5 rings (SSSR count). The summed E-state index contributed by atoms with van der Waals surface area (Å²) >= 11 is 0. The van der Waals surface area contributed by atoms with Crippen molar-refractivity contribution in [2.24, 2.45) is 17.6 Å². The molecule has 0 bridgehead atoms. The molecule has 3 aliphatic heterocycles. The van der Waals surface area contributed by atoms with Crippen molar-refractivity contribution in [1.29, 1.82) is 0 Å². The van der Waals surface area contributed by atoms with Crippen LogP contribution in [0.15, 0.2) is 30.3 Å². The van der Waals surface area contributed by atoms with Crippen molar-refractivity contribution in [1.82, 2.24) is 10.2 Å². The number of ether oxygens (including phenoxy) is 2. The Balaban J connectivity index is 1.51. The van der Waals surface area contributed by atoms with Gasteiger partial charge in [-0.25, -0.2) is 0 Å². The highest BCUT2D eigenvalue weighted by Crippen LogP contribution is 2.54. The van der Waals surface area contributed by atoms with Gasteiger partial charge in [0.05, 0.1) is 26.1 Å². The first-order valence-corrected chi connectivity index (χ1v) is 12.2. The Kier molecular flexibility index (Phi) is 5.94. The van der Waals surface area contributed by atoms with Gasteiger partial charge in [-0.15, -0.1) is 0 Å². The van der Waals surface area contributed by atoms with Gasteiger partial charge in [0, 0.05) is 30.3 Å². The summed E-state index contributed by atoms with van der Waals surface area (Å²) in [7, 11) is 3.08. The lowest BCUT2D eigenvalue weighted by Gasteiger charge is -2.29. The molecule has 2 aromatic rings. The van der Waals surface area contributed by atoms with Gasteiger partial charge in [0.1, 0.15) is 5.54 Å². The topological polar surface area (TPSA) is 140 Å². The van der Waals surface area contributed by atoms with E-state index in [2.05, 4.69) is 10.6 Å². The molecule has 0 radical (unpaired) electrons. The Morgan fingerprint density at radius 2 is 1.78 bits per heavy atom. The van der Waals surface area contributed by atoms with E-state index in [4.69, 9.17) is 15.2 Å². The lowest BCUT2D eigenvalue weighted by Crippen LogP contribution is -2.53. The van der Waals surface area contributed by atoms with Gasteiger partial charge in [-0.3, -0.25) is 29.4 Å². The number of amides is 4. The maximum atomic E-state index is 13.9. The number of carbonyl (C=O) groups excluding carboxylic acids is 4. The lowest BCUT2D eigenvalue weighted by atomic mass is 9.76. The average Bonchev–Trinajstić information content (AvgIpc) is 3.42. The van der Waals surface area contributed by atoms with E-state index in [1.807, 2.05) is 32.0 Å². The van der Waals surface area contributed by atoms with E-state index >= 15 is 0 Å². The quantitative estimate of drug-likeness (QED) is 0.479. The molecule has 2 aromatic carbocycles. The molecule has 0 aliphatic carbocycles. The van der Waals surface area contributed by atoms with E-state index in [0.717, 1.165) is 16.7 Å². The number of primary amides is 1. The summed E-state index contributed by atoms with van der Waals surface area (Å²) in [5.74, 6) is -2.61. The fourth-order valence-corrected chi connectivity index (χ4v) is 6.21. The molecule has 2 saturated heterocycles. The van der Waals surface area contributed by atoms with E-state index in [-0.39, 0.29) is 13.0 Å². The molecule has 2 fully saturated rings. The average molecular weight is 507 g/mol. The van der Waals surface area contributed by atoms with Crippen LogP contribution < -0.4 is 25.8 Å². The minimum atomic E-state index is -1.46. The molecule has 0 saturated carbocycles. The molecule has 4 amide bonds. The number of nitrogens with one attached hydrogen (secondary N) is 2. The molecule has 1 spiro atoms. The van der Waals surface area contributed by atoms with Gasteiger partial charge in [0.15, 0.2) is 11.5 Å². The molecule has 194 valence electrons. The van der Waals surface area contributed by atoms with Crippen molar-refractivity contribution < 1.29 is 28.7 Å². The minimum absolute atomic E-state index is 0.126. The highest BCUT2D eigenvalue weighted by molar-refractivity contribution is 6.15. The zero-order chi connectivity index (χ0) is 26.6. The van der Waals surface area contributed by atoms with E-state index in [1.54, 1.807) is 19.2 Å². The number of anilines is 1. The normalized spacial score (nSPS) is 25.9. The number of hydrogen-bond donors (Lipinski definition) is 3. The first-order valence-electron chi connectivity index (χ1n) is 12.2. The predicted molar refractivity (Wildman–Crippen MR) is 134 cm³/mol. The minimum Gasteiger partial charge on any atom is -0.493 e. The van der Waals surface area contributed by atoms with Crippen LogP contribution in [0.4, 0.5) is 5.69 Å². The molecule has 3 aliphatic rings. The third kappa shape index (κ3) is 3.66. The van der Waals surface area contributed by atoms with Crippen LogP contribution in [0, 0.1) is 25.7 Å². The molecule has 37 heavy (non-hydrogen) atoms. The van der Waals surface area contributed by atoms with Crippen molar-refractivity contribution in [2.45, 2.75) is 38.3 Å². The molecular formula is C27H30N4O6. The van der Waals surface area contributed by atoms with Gasteiger partial charge in [-0.05, 0) is 43.5 Å². The Bertz CT molecular complexity index is 1340. The number of fused-ring (bicyclic) bond motifs is 4. The summed E-state index contributed by atoms with van der Waals surface area (Å²) < 4.78 is 10.6. The third-order valence-corrected chi connectivity index (χ3v) is 7.75. The highest BCUT2D eigenvalue weighted by Gasteiger charge is 2.70. The SMILES string of the molecule is COc1ccc(CCN2C(=O)[C@@H]3[C@H](CC(N)=O)N[C@]4(C(=O)Nc5c(C)cc(C)cc54)[C@H]3C2=O)cc1OC. The van der Waals surface area contributed by atoms with Crippen molar-refractivity contribution in [3.8, 4) is 11.5 Å². The van der Waals surface area contributed by atoms with Crippen LogP contribution in [0.1, 0.15) is 28.7 Å². The maximum absolute atomic E-state index is 13.9. The molecule has 4 atom stereocenters. The van der Waals surface area contributed by atoms with Crippen molar-refractivity contribution in [3.05, 3.63) is 52.6 Å². The molecular weight excluding hydrogens is 476 g/mol. The van der Waals surface area contributed by atoms with E-state index in [9.17, 15) is 19.2 Å². The van der Waals surface area contributed by atoms with Crippen LogP contribution in [-0.4, -0.2) is 55.3 Å². The summed E-state index contributed by atoms with van der Waals surface area (Å²) in [5, 5.41) is 6.15. The Morgan fingerprint density at radius 1 is 1.05 bits per heavy atom. The van der Waals surface area contributed by atoms with E-state index in [1.165, 1.54) is 12.0 Å². The summed E-state index contributed by atoms with van der Waals surface area (Å²) in [4.78, 5) is 54.3. The first-order chi connectivity index (χ1) is 17.6. The molecule has 10 nitrogen and oxygen atoms in total. The number of likely N-dealkylation sites (tertiary alicyclic amines) is 1. The molecule has 0 unspecified atom stereocenters. The molecule has 3 heterocycles. The van der Waals surface area contributed by atoms with E-state index < -0.39 is 47.0 Å². The largest absolute Gasteiger partial charge is 0.493 e. The number of benzene rings is 2. The summed E-state index contributed by atoms with van der Waals surface area (Å²) in [6.07, 6.45) is 0.220. The fourth-order valence-electron chi connectivity index (χ4n) is 6.21. The number of nitrogens with two attached hydrogens (primary N) is 1. The Labute approximate surface area is 214 Å². The van der Waals surface area contributed by atoms with Crippen LogP contribution >= 0.6 is 0 Å². The third-order valence-electron chi connectivity index (χ3n) is 7.75. The van der Waals surface area contributed by atoms with Gasteiger partial charge in [-0.1, -0.05) is 23.8 Å². The lowest BCUT2D eigenvalue weighted by molar-refractivity contribution is -0.142. The zero-order valence-electron chi connectivity index (χ0n) is 21.2. The molecule has 4 N–H and O–H groups in total. The number of rotatable bonds is 7. The van der Waals surface area contributed by atoms with Crippen molar-refractivity contribution in [2.75, 3.05) is 26.1 Å².